The average molecular weight is 594 g/mol. The van der Waals surface area contributed by atoms with Gasteiger partial charge in [0.05, 0.1) is 27.0 Å². The summed E-state index contributed by atoms with van der Waals surface area (Å²) in [5, 5.41) is 5.91. The van der Waals surface area contributed by atoms with Crippen LogP contribution >= 0.6 is 11.3 Å². The summed E-state index contributed by atoms with van der Waals surface area (Å²) in [5.74, 6) is 2.04. The second-order valence-electron chi connectivity index (χ2n) is 10.1. The van der Waals surface area contributed by atoms with Gasteiger partial charge in [0.25, 0.3) is 5.91 Å². The molecule has 1 aromatic heterocycles. The first-order valence-corrected chi connectivity index (χ1v) is 14.8. The van der Waals surface area contributed by atoms with Gasteiger partial charge in [-0.1, -0.05) is 66.2 Å². The number of nitrogens with one attached hydrogen (secondary N) is 1. The van der Waals surface area contributed by atoms with E-state index in [1.54, 1.807) is 32.7 Å². The predicted molar refractivity (Wildman–Crippen MR) is 172 cm³/mol. The van der Waals surface area contributed by atoms with Gasteiger partial charge in [-0.15, -0.1) is 11.3 Å². The molecule has 0 spiro atoms. The number of ether oxygens (including phenoxy) is 3. The molecular formula is C35H35N3O4S. The lowest BCUT2D eigenvalue weighted by Gasteiger charge is -2.24. The van der Waals surface area contributed by atoms with Gasteiger partial charge in [0.1, 0.15) is 5.75 Å². The minimum absolute atomic E-state index is 0.105. The molecule has 0 fully saturated rings. The number of carbonyl (C=O) groups is 1. The monoisotopic (exact) mass is 593 g/mol. The topological polar surface area (TPSA) is 72.9 Å². The Bertz CT molecular complexity index is 1670. The Labute approximate surface area is 256 Å². The van der Waals surface area contributed by atoms with Gasteiger partial charge in [-0.25, -0.2) is 4.98 Å². The Hall–Kier alpha value is -4.82. The molecular weight excluding hydrogens is 558 g/mol. The molecule has 0 aliphatic heterocycles. The Morgan fingerprint density at radius 1 is 0.791 bits per heavy atom. The minimum atomic E-state index is -0.105. The van der Waals surface area contributed by atoms with Crippen LogP contribution in [0.3, 0.4) is 0 Å². The van der Waals surface area contributed by atoms with Crippen molar-refractivity contribution in [1.82, 2.24) is 10.3 Å². The van der Waals surface area contributed by atoms with Crippen LogP contribution in [0.5, 0.6) is 17.2 Å². The van der Waals surface area contributed by atoms with E-state index in [1.807, 2.05) is 103 Å². The summed E-state index contributed by atoms with van der Waals surface area (Å²) in [5.41, 5.74) is 6.68. The van der Waals surface area contributed by atoms with Crippen LogP contribution in [-0.2, 0) is 19.6 Å². The van der Waals surface area contributed by atoms with Crippen LogP contribution in [0.4, 0.5) is 5.13 Å². The third-order valence-electron chi connectivity index (χ3n) is 7.15. The molecule has 0 saturated carbocycles. The van der Waals surface area contributed by atoms with Gasteiger partial charge in [-0.3, -0.25) is 4.79 Å². The number of aromatic nitrogens is 1. The summed E-state index contributed by atoms with van der Waals surface area (Å²) in [4.78, 5) is 20.1. The van der Waals surface area contributed by atoms with Crippen molar-refractivity contribution in [3.63, 3.8) is 0 Å². The quantitative estimate of drug-likeness (QED) is 0.164. The lowest BCUT2D eigenvalue weighted by Crippen LogP contribution is -2.24. The molecule has 8 heteroatoms. The van der Waals surface area contributed by atoms with Crippen LogP contribution in [0, 0.1) is 6.92 Å². The molecule has 0 radical (unpaired) electrons. The van der Waals surface area contributed by atoms with Crippen molar-refractivity contribution in [1.29, 1.82) is 0 Å². The lowest BCUT2D eigenvalue weighted by atomic mass is 10.1. The zero-order chi connectivity index (χ0) is 30.2. The molecule has 1 amide bonds. The van der Waals surface area contributed by atoms with Gasteiger partial charge in [0.15, 0.2) is 16.6 Å². The van der Waals surface area contributed by atoms with Crippen molar-refractivity contribution in [3.8, 4) is 28.5 Å². The van der Waals surface area contributed by atoms with Gasteiger partial charge in [0.2, 0.25) is 0 Å². The molecule has 7 nitrogen and oxygen atoms in total. The Kier molecular flexibility index (Phi) is 9.59. The maximum Gasteiger partial charge on any atom is 0.251 e. The van der Waals surface area contributed by atoms with E-state index in [9.17, 15) is 4.79 Å². The molecule has 0 unspecified atom stereocenters. The van der Waals surface area contributed by atoms with E-state index < -0.39 is 0 Å². The molecule has 43 heavy (non-hydrogen) atoms. The van der Waals surface area contributed by atoms with Gasteiger partial charge >= 0.3 is 0 Å². The Morgan fingerprint density at radius 2 is 1.49 bits per heavy atom. The van der Waals surface area contributed by atoms with Gasteiger partial charge in [-0.2, -0.15) is 0 Å². The molecule has 4 aromatic carbocycles. The normalized spacial score (nSPS) is 10.7. The first kappa shape index (κ1) is 29.7. The fourth-order valence-electron chi connectivity index (χ4n) is 4.84. The summed E-state index contributed by atoms with van der Waals surface area (Å²) < 4.78 is 16.9. The van der Waals surface area contributed by atoms with E-state index in [4.69, 9.17) is 19.2 Å². The molecule has 1 heterocycles. The molecule has 5 rings (SSSR count). The zero-order valence-corrected chi connectivity index (χ0v) is 25.6. The smallest absolute Gasteiger partial charge is 0.251 e. The number of rotatable bonds is 12. The van der Waals surface area contributed by atoms with Crippen LogP contribution in [0.25, 0.3) is 11.3 Å². The van der Waals surface area contributed by atoms with Crippen LogP contribution in [0.2, 0.25) is 0 Å². The van der Waals surface area contributed by atoms with Crippen LogP contribution in [-0.4, -0.2) is 32.2 Å². The number of benzene rings is 4. The first-order chi connectivity index (χ1) is 21.0. The van der Waals surface area contributed by atoms with Crippen LogP contribution in [0.15, 0.2) is 96.4 Å². The number of thiazole rings is 1. The van der Waals surface area contributed by atoms with Crippen LogP contribution in [0.1, 0.15) is 32.6 Å². The van der Waals surface area contributed by atoms with E-state index in [0.29, 0.717) is 36.7 Å². The highest BCUT2D eigenvalue weighted by Gasteiger charge is 2.19. The number of methoxy groups -OCH3 is 3. The standard InChI is InChI=1S/C35H35N3O4S/c1-24-12-14-25(15-13-24)20-36-34(39)27-18-16-26(17-19-27)21-38(22-28-8-7-11-32(41-3)33(28)42-4)35-37-30(23-43-35)29-9-5-6-10-31(29)40-2/h5-19,23H,20-22H2,1-4H3,(H,36,39). The van der Waals surface area contributed by atoms with Gasteiger partial charge in [-0.05, 0) is 48.4 Å². The molecule has 0 aliphatic rings. The SMILES string of the molecule is COc1ccccc1-c1csc(N(Cc2ccc(C(=O)NCc3ccc(C)cc3)cc2)Cc2cccc(OC)c2OC)n1. The fraction of sp³-hybridized carbons (Fsp3) is 0.200. The highest BCUT2D eigenvalue weighted by molar-refractivity contribution is 7.14. The highest BCUT2D eigenvalue weighted by atomic mass is 32.1. The molecule has 0 aliphatic carbocycles. The number of aryl methyl sites for hydroxylation is 1. The van der Waals surface area contributed by atoms with E-state index in [1.165, 1.54) is 5.56 Å². The maximum absolute atomic E-state index is 12.8. The summed E-state index contributed by atoms with van der Waals surface area (Å²) >= 11 is 1.57. The van der Waals surface area contributed by atoms with Gasteiger partial charge in [0, 0.05) is 41.7 Å². The second-order valence-corrected chi connectivity index (χ2v) is 10.9. The third-order valence-corrected chi connectivity index (χ3v) is 8.06. The average Bonchev–Trinajstić information content (AvgIpc) is 3.54. The first-order valence-electron chi connectivity index (χ1n) is 14.0. The summed E-state index contributed by atoms with van der Waals surface area (Å²) in [6, 6.07) is 29.6. The van der Waals surface area contributed by atoms with Crippen molar-refractivity contribution in [3.05, 3.63) is 124 Å². The number of carbonyl (C=O) groups excluding carboxylic acids is 1. The summed E-state index contributed by atoms with van der Waals surface area (Å²) in [6.45, 7) is 3.64. The Morgan fingerprint density at radius 3 is 2.21 bits per heavy atom. The predicted octanol–water partition coefficient (Wildman–Crippen LogP) is 7.28. The fourth-order valence-corrected chi connectivity index (χ4v) is 5.66. The summed E-state index contributed by atoms with van der Waals surface area (Å²) in [6.07, 6.45) is 0. The largest absolute Gasteiger partial charge is 0.496 e. The molecule has 0 bridgehead atoms. The van der Waals surface area contributed by atoms with E-state index in [0.717, 1.165) is 38.8 Å². The van der Waals surface area contributed by atoms with E-state index in [-0.39, 0.29) is 5.91 Å². The number of nitrogens with zero attached hydrogens (tertiary/aromatic N) is 2. The number of hydrogen-bond donors (Lipinski definition) is 1. The minimum Gasteiger partial charge on any atom is -0.496 e. The lowest BCUT2D eigenvalue weighted by molar-refractivity contribution is 0.0951. The van der Waals surface area contributed by atoms with Crippen molar-refractivity contribution < 1.29 is 19.0 Å². The van der Waals surface area contributed by atoms with Crippen molar-refractivity contribution >= 4 is 22.4 Å². The molecule has 0 saturated heterocycles. The molecule has 1 N–H and O–H groups in total. The number of hydrogen-bond acceptors (Lipinski definition) is 7. The molecule has 0 atom stereocenters. The van der Waals surface area contributed by atoms with E-state index >= 15 is 0 Å². The van der Waals surface area contributed by atoms with Gasteiger partial charge < -0.3 is 24.4 Å². The van der Waals surface area contributed by atoms with Crippen molar-refractivity contribution in [2.45, 2.75) is 26.6 Å². The zero-order valence-electron chi connectivity index (χ0n) is 24.8. The molecule has 5 aromatic rings. The Balaban J connectivity index is 1.38. The number of amides is 1. The maximum atomic E-state index is 12.8. The van der Waals surface area contributed by atoms with Crippen molar-refractivity contribution in [2.24, 2.45) is 0 Å². The van der Waals surface area contributed by atoms with Crippen molar-refractivity contribution in [2.75, 3.05) is 26.2 Å². The van der Waals surface area contributed by atoms with Crippen LogP contribution < -0.4 is 24.4 Å². The van der Waals surface area contributed by atoms with E-state index in [2.05, 4.69) is 10.2 Å². The number of para-hydroxylation sites is 2. The summed E-state index contributed by atoms with van der Waals surface area (Å²) in [7, 11) is 4.95. The number of anilines is 1. The third kappa shape index (κ3) is 7.16. The highest BCUT2D eigenvalue weighted by Crippen LogP contribution is 2.36. The molecule has 220 valence electrons. The second kappa shape index (κ2) is 13.9.